The number of rotatable bonds is 7. The zero-order valence-corrected chi connectivity index (χ0v) is 12.4. The second-order valence-corrected chi connectivity index (χ2v) is 5.46. The molecule has 0 heterocycles. The van der Waals surface area contributed by atoms with Crippen LogP contribution in [0.1, 0.15) is 52.4 Å². The molecule has 0 aromatic carbocycles. The van der Waals surface area contributed by atoms with E-state index in [1.165, 1.54) is 18.4 Å². The van der Waals surface area contributed by atoms with Crippen LogP contribution in [0.2, 0.25) is 0 Å². The Hall–Kier alpha value is -1.52. The lowest BCUT2D eigenvalue weighted by Crippen LogP contribution is -2.49. The van der Waals surface area contributed by atoms with Gasteiger partial charge in [-0.05, 0) is 38.0 Å². The van der Waals surface area contributed by atoms with Crippen molar-refractivity contribution in [3.63, 3.8) is 0 Å². The first-order chi connectivity index (χ1) is 9.54. The SMILES string of the molecule is CC[C@@H](C)[C@H](NC(=O)NCCC1=CCCCC1)C(=O)O. The molecule has 0 radical (unpaired) electrons. The summed E-state index contributed by atoms with van der Waals surface area (Å²) >= 11 is 0. The van der Waals surface area contributed by atoms with E-state index in [4.69, 9.17) is 5.11 Å². The van der Waals surface area contributed by atoms with Crippen LogP contribution in [0.25, 0.3) is 0 Å². The van der Waals surface area contributed by atoms with Gasteiger partial charge in [-0.25, -0.2) is 9.59 Å². The number of carboxylic acids is 1. The Morgan fingerprint density at radius 3 is 2.70 bits per heavy atom. The van der Waals surface area contributed by atoms with Crippen LogP contribution in [0.5, 0.6) is 0 Å². The van der Waals surface area contributed by atoms with E-state index < -0.39 is 18.0 Å². The minimum absolute atomic E-state index is 0.0840. The summed E-state index contributed by atoms with van der Waals surface area (Å²) in [6, 6.07) is -1.22. The maximum absolute atomic E-state index is 11.7. The van der Waals surface area contributed by atoms with E-state index in [1.54, 1.807) is 0 Å². The second kappa shape index (κ2) is 8.61. The number of nitrogens with one attached hydrogen (secondary N) is 2. The van der Waals surface area contributed by atoms with Gasteiger partial charge in [-0.15, -0.1) is 0 Å². The van der Waals surface area contributed by atoms with Gasteiger partial charge in [0.2, 0.25) is 0 Å². The smallest absolute Gasteiger partial charge is 0.326 e. The van der Waals surface area contributed by atoms with Crippen molar-refractivity contribution in [2.45, 2.75) is 58.4 Å². The fraction of sp³-hybridized carbons (Fsp3) is 0.733. The van der Waals surface area contributed by atoms with Crippen molar-refractivity contribution < 1.29 is 14.7 Å². The standard InChI is InChI=1S/C15H26N2O3/c1-3-11(2)13(14(18)19)17-15(20)16-10-9-12-7-5-4-6-8-12/h7,11,13H,3-6,8-10H2,1-2H3,(H,18,19)(H2,16,17,20)/t11-,13+/m1/s1. The van der Waals surface area contributed by atoms with Crippen molar-refractivity contribution in [1.29, 1.82) is 0 Å². The predicted octanol–water partition coefficient (Wildman–Crippen LogP) is 2.68. The number of carboxylic acid groups (broad SMARTS) is 1. The van der Waals surface area contributed by atoms with Crippen molar-refractivity contribution in [2.75, 3.05) is 6.54 Å². The normalized spacial score (nSPS) is 17.8. The lowest BCUT2D eigenvalue weighted by atomic mass is 9.97. The monoisotopic (exact) mass is 282 g/mol. The molecule has 2 atom stereocenters. The van der Waals surface area contributed by atoms with E-state index in [-0.39, 0.29) is 5.92 Å². The fourth-order valence-corrected chi connectivity index (χ4v) is 2.34. The van der Waals surface area contributed by atoms with Gasteiger partial charge in [0.25, 0.3) is 0 Å². The zero-order chi connectivity index (χ0) is 15.0. The number of urea groups is 1. The molecular weight excluding hydrogens is 256 g/mol. The molecule has 1 aliphatic rings. The number of hydrogen-bond donors (Lipinski definition) is 3. The van der Waals surface area contributed by atoms with Crippen molar-refractivity contribution in [3.8, 4) is 0 Å². The fourth-order valence-electron chi connectivity index (χ4n) is 2.34. The molecule has 0 saturated heterocycles. The minimum atomic E-state index is -0.982. The summed E-state index contributed by atoms with van der Waals surface area (Å²) in [5.74, 6) is -1.07. The third kappa shape index (κ3) is 5.63. The molecule has 0 fully saturated rings. The van der Waals surface area contributed by atoms with Gasteiger partial charge in [0.1, 0.15) is 6.04 Å². The first-order valence-electron chi connectivity index (χ1n) is 7.49. The summed E-state index contributed by atoms with van der Waals surface area (Å²) in [5.41, 5.74) is 1.40. The maximum Gasteiger partial charge on any atom is 0.326 e. The number of carbonyl (C=O) groups is 2. The van der Waals surface area contributed by atoms with Crippen LogP contribution in [0.4, 0.5) is 4.79 Å². The summed E-state index contributed by atoms with van der Waals surface area (Å²) in [6.07, 6.45) is 8.56. The summed E-state index contributed by atoms with van der Waals surface area (Å²) < 4.78 is 0. The first-order valence-corrected chi connectivity index (χ1v) is 7.49. The maximum atomic E-state index is 11.7. The minimum Gasteiger partial charge on any atom is -0.480 e. The highest BCUT2D eigenvalue weighted by molar-refractivity contribution is 5.82. The molecule has 20 heavy (non-hydrogen) atoms. The van der Waals surface area contributed by atoms with Gasteiger partial charge in [-0.1, -0.05) is 31.9 Å². The molecule has 0 saturated carbocycles. The van der Waals surface area contributed by atoms with Gasteiger partial charge in [0.05, 0.1) is 0 Å². The molecule has 5 heteroatoms. The van der Waals surface area contributed by atoms with Gasteiger partial charge in [0.15, 0.2) is 0 Å². The van der Waals surface area contributed by atoms with Gasteiger partial charge >= 0.3 is 12.0 Å². The van der Waals surface area contributed by atoms with Crippen LogP contribution < -0.4 is 10.6 Å². The molecule has 114 valence electrons. The van der Waals surface area contributed by atoms with E-state index in [2.05, 4.69) is 16.7 Å². The molecule has 5 nitrogen and oxygen atoms in total. The number of allylic oxidation sites excluding steroid dienone is 1. The molecule has 0 aromatic rings. The zero-order valence-electron chi connectivity index (χ0n) is 12.4. The summed E-state index contributed by atoms with van der Waals surface area (Å²) in [6.45, 7) is 4.30. The Balaban J connectivity index is 2.31. The van der Waals surface area contributed by atoms with Gasteiger partial charge in [-0.3, -0.25) is 0 Å². The molecule has 2 amide bonds. The van der Waals surface area contributed by atoms with Gasteiger partial charge in [-0.2, -0.15) is 0 Å². The highest BCUT2D eigenvalue weighted by atomic mass is 16.4. The van der Waals surface area contributed by atoms with E-state index in [9.17, 15) is 9.59 Å². The Bertz CT molecular complexity index is 366. The van der Waals surface area contributed by atoms with Crippen LogP contribution in [-0.4, -0.2) is 29.7 Å². The highest BCUT2D eigenvalue weighted by Crippen LogP contribution is 2.19. The molecule has 0 aliphatic heterocycles. The second-order valence-electron chi connectivity index (χ2n) is 5.46. The molecule has 1 rings (SSSR count). The van der Waals surface area contributed by atoms with E-state index in [1.807, 2.05) is 13.8 Å². The number of aliphatic carboxylic acids is 1. The average molecular weight is 282 g/mol. The van der Waals surface area contributed by atoms with E-state index in [0.717, 1.165) is 19.3 Å². The Labute approximate surface area is 120 Å². The molecular formula is C15H26N2O3. The van der Waals surface area contributed by atoms with Crippen LogP contribution >= 0.6 is 0 Å². The van der Waals surface area contributed by atoms with Crippen molar-refractivity contribution in [3.05, 3.63) is 11.6 Å². The Morgan fingerprint density at radius 1 is 1.40 bits per heavy atom. The van der Waals surface area contributed by atoms with Crippen molar-refractivity contribution in [1.82, 2.24) is 10.6 Å². The Kier molecular flexibility index (Phi) is 7.12. The largest absolute Gasteiger partial charge is 0.480 e. The summed E-state index contributed by atoms with van der Waals surface area (Å²) in [5, 5.41) is 14.4. The summed E-state index contributed by atoms with van der Waals surface area (Å²) in [7, 11) is 0. The van der Waals surface area contributed by atoms with Gasteiger partial charge < -0.3 is 15.7 Å². The van der Waals surface area contributed by atoms with Crippen LogP contribution in [-0.2, 0) is 4.79 Å². The third-order valence-electron chi connectivity index (χ3n) is 3.88. The topological polar surface area (TPSA) is 78.4 Å². The van der Waals surface area contributed by atoms with Crippen LogP contribution in [0, 0.1) is 5.92 Å². The molecule has 3 N–H and O–H groups in total. The molecule has 0 unspecified atom stereocenters. The number of amides is 2. The van der Waals surface area contributed by atoms with Gasteiger partial charge in [0, 0.05) is 6.54 Å². The molecule has 1 aliphatic carbocycles. The lowest BCUT2D eigenvalue weighted by Gasteiger charge is -2.20. The third-order valence-corrected chi connectivity index (χ3v) is 3.88. The van der Waals surface area contributed by atoms with Crippen LogP contribution in [0.3, 0.4) is 0 Å². The quantitative estimate of drug-likeness (QED) is 0.628. The lowest BCUT2D eigenvalue weighted by molar-refractivity contribution is -0.140. The summed E-state index contributed by atoms with van der Waals surface area (Å²) in [4.78, 5) is 22.8. The molecule has 0 bridgehead atoms. The highest BCUT2D eigenvalue weighted by Gasteiger charge is 2.24. The van der Waals surface area contributed by atoms with Crippen LogP contribution in [0.15, 0.2) is 11.6 Å². The number of carbonyl (C=O) groups excluding carboxylic acids is 1. The number of hydrogen-bond acceptors (Lipinski definition) is 2. The Morgan fingerprint density at radius 2 is 2.15 bits per heavy atom. The van der Waals surface area contributed by atoms with Crippen molar-refractivity contribution in [2.24, 2.45) is 5.92 Å². The predicted molar refractivity (Wildman–Crippen MR) is 78.6 cm³/mol. The molecule has 0 aromatic heterocycles. The first kappa shape index (κ1) is 16.5. The van der Waals surface area contributed by atoms with E-state index >= 15 is 0 Å². The van der Waals surface area contributed by atoms with E-state index in [0.29, 0.717) is 13.0 Å². The van der Waals surface area contributed by atoms with Crippen molar-refractivity contribution >= 4 is 12.0 Å². The average Bonchev–Trinajstić information content (AvgIpc) is 2.45. The molecule has 0 spiro atoms.